The molecule has 0 atom stereocenters. The summed E-state index contributed by atoms with van der Waals surface area (Å²) in [6.07, 6.45) is 5.98. The van der Waals surface area contributed by atoms with Gasteiger partial charge in [0.2, 0.25) is 0 Å². The van der Waals surface area contributed by atoms with E-state index in [2.05, 4.69) is 17.3 Å². The number of ether oxygens (including phenoxy) is 1. The van der Waals surface area contributed by atoms with Crippen LogP contribution in [0.3, 0.4) is 0 Å². The van der Waals surface area contributed by atoms with E-state index >= 15 is 0 Å². The Morgan fingerprint density at radius 3 is 2.52 bits per heavy atom. The van der Waals surface area contributed by atoms with E-state index in [0.29, 0.717) is 12.5 Å². The van der Waals surface area contributed by atoms with Gasteiger partial charge in [0.1, 0.15) is 6.61 Å². The van der Waals surface area contributed by atoms with Gasteiger partial charge < -0.3 is 19.9 Å². The molecule has 0 saturated carbocycles. The standard InChI is InChI=1S/C22H35N3O2/c1-24(14-9-19-7-12-23-13-8-19)17-20-10-15-25(16-11-20)22(26)27-18-21-5-3-2-4-6-21/h2-6,19-20,23H,7-18H2,1H3. The summed E-state index contributed by atoms with van der Waals surface area (Å²) in [5.74, 6) is 1.59. The Labute approximate surface area is 164 Å². The van der Waals surface area contributed by atoms with Gasteiger partial charge in [0.15, 0.2) is 0 Å². The fourth-order valence-corrected chi connectivity index (χ4v) is 4.21. The molecule has 1 amide bonds. The first kappa shape index (κ1) is 20.2. The van der Waals surface area contributed by atoms with E-state index in [4.69, 9.17) is 4.74 Å². The second-order valence-electron chi connectivity index (χ2n) is 8.21. The predicted octanol–water partition coefficient (Wildman–Crippen LogP) is 3.36. The molecular formula is C22H35N3O2. The van der Waals surface area contributed by atoms with E-state index in [-0.39, 0.29) is 6.09 Å². The maximum absolute atomic E-state index is 12.3. The molecule has 27 heavy (non-hydrogen) atoms. The minimum Gasteiger partial charge on any atom is -0.445 e. The van der Waals surface area contributed by atoms with E-state index in [1.807, 2.05) is 35.2 Å². The molecule has 2 heterocycles. The smallest absolute Gasteiger partial charge is 0.410 e. The van der Waals surface area contributed by atoms with Crippen LogP contribution in [0.2, 0.25) is 0 Å². The SMILES string of the molecule is CN(CCC1CCNCC1)CC1CCN(C(=O)OCc2ccccc2)CC1. The van der Waals surface area contributed by atoms with Crippen LogP contribution < -0.4 is 5.32 Å². The summed E-state index contributed by atoms with van der Waals surface area (Å²) in [5.41, 5.74) is 1.04. The number of piperidine rings is 2. The van der Waals surface area contributed by atoms with Crippen molar-refractivity contribution in [2.75, 3.05) is 46.3 Å². The lowest BCUT2D eigenvalue weighted by atomic mass is 9.93. The fourth-order valence-electron chi connectivity index (χ4n) is 4.21. The van der Waals surface area contributed by atoms with E-state index in [9.17, 15) is 4.79 Å². The van der Waals surface area contributed by atoms with Gasteiger partial charge in [-0.05, 0) is 76.2 Å². The number of hydrogen-bond donors (Lipinski definition) is 1. The Morgan fingerprint density at radius 1 is 1.11 bits per heavy atom. The summed E-state index contributed by atoms with van der Waals surface area (Å²) in [6, 6.07) is 9.88. The van der Waals surface area contributed by atoms with E-state index in [1.165, 1.54) is 38.9 Å². The van der Waals surface area contributed by atoms with Crippen molar-refractivity contribution in [3.05, 3.63) is 35.9 Å². The van der Waals surface area contributed by atoms with Gasteiger partial charge in [0, 0.05) is 19.6 Å². The predicted molar refractivity (Wildman–Crippen MR) is 109 cm³/mol. The molecule has 1 N–H and O–H groups in total. The average molecular weight is 374 g/mol. The molecule has 0 aromatic heterocycles. The maximum atomic E-state index is 12.3. The molecule has 0 bridgehead atoms. The topological polar surface area (TPSA) is 44.8 Å². The number of benzene rings is 1. The van der Waals surface area contributed by atoms with Gasteiger partial charge in [-0.25, -0.2) is 4.79 Å². The Bertz CT molecular complexity index is 552. The van der Waals surface area contributed by atoms with Gasteiger partial charge in [-0.15, -0.1) is 0 Å². The Balaban J connectivity index is 1.30. The molecule has 0 radical (unpaired) electrons. The number of amides is 1. The monoisotopic (exact) mass is 373 g/mol. The molecule has 0 spiro atoms. The lowest BCUT2D eigenvalue weighted by Gasteiger charge is -2.34. The molecule has 3 rings (SSSR count). The number of nitrogens with one attached hydrogen (secondary N) is 1. The lowest BCUT2D eigenvalue weighted by molar-refractivity contribution is 0.0782. The third-order valence-corrected chi connectivity index (χ3v) is 6.03. The van der Waals surface area contributed by atoms with Gasteiger partial charge in [-0.1, -0.05) is 30.3 Å². The number of hydrogen-bond acceptors (Lipinski definition) is 4. The Hall–Kier alpha value is -1.59. The van der Waals surface area contributed by atoms with Crippen LogP contribution in [0.25, 0.3) is 0 Å². The summed E-state index contributed by atoms with van der Waals surface area (Å²) in [7, 11) is 2.25. The van der Waals surface area contributed by atoms with Crippen LogP contribution in [0.4, 0.5) is 4.79 Å². The second kappa shape index (κ2) is 10.7. The molecule has 0 unspecified atom stereocenters. The third-order valence-electron chi connectivity index (χ3n) is 6.03. The largest absolute Gasteiger partial charge is 0.445 e. The second-order valence-corrected chi connectivity index (χ2v) is 8.21. The highest BCUT2D eigenvalue weighted by Crippen LogP contribution is 2.21. The van der Waals surface area contributed by atoms with E-state index in [1.54, 1.807) is 0 Å². The average Bonchev–Trinajstić information content (AvgIpc) is 2.72. The first-order valence-electron chi connectivity index (χ1n) is 10.6. The van der Waals surface area contributed by atoms with Crippen LogP contribution >= 0.6 is 0 Å². The van der Waals surface area contributed by atoms with Gasteiger partial charge >= 0.3 is 6.09 Å². The molecular weight excluding hydrogens is 338 g/mol. The zero-order valence-corrected chi connectivity index (χ0v) is 16.7. The summed E-state index contributed by atoms with van der Waals surface area (Å²) in [5, 5.41) is 3.44. The number of carbonyl (C=O) groups excluding carboxylic acids is 1. The quantitative estimate of drug-likeness (QED) is 0.796. The maximum Gasteiger partial charge on any atom is 0.410 e. The number of nitrogens with zero attached hydrogens (tertiary/aromatic N) is 2. The molecule has 2 fully saturated rings. The van der Waals surface area contributed by atoms with Crippen LogP contribution in [0.15, 0.2) is 30.3 Å². The fraction of sp³-hybridized carbons (Fsp3) is 0.682. The molecule has 5 heteroatoms. The lowest BCUT2D eigenvalue weighted by Crippen LogP contribution is -2.41. The molecule has 0 aliphatic carbocycles. The molecule has 2 aliphatic heterocycles. The first-order chi connectivity index (χ1) is 13.2. The summed E-state index contributed by atoms with van der Waals surface area (Å²) in [4.78, 5) is 16.6. The normalized spacial score (nSPS) is 19.4. The molecule has 2 saturated heterocycles. The van der Waals surface area contributed by atoms with Crippen LogP contribution in [0, 0.1) is 11.8 Å². The summed E-state index contributed by atoms with van der Waals surface area (Å²) >= 11 is 0. The van der Waals surface area contributed by atoms with E-state index < -0.39 is 0 Å². The minimum atomic E-state index is -0.170. The number of rotatable bonds is 7. The van der Waals surface area contributed by atoms with Crippen molar-refractivity contribution in [3.63, 3.8) is 0 Å². The van der Waals surface area contributed by atoms with Crippen molar-refractivity contribution in [2.45, 2.75) is 38.7 Å². The van der Waals surface area contributed by atoms with Gasteiger partial charge in [-0.3, -0.25) is 0 Å². The molecule has 5 nitrogen and oxygen atoms in total. The first-order valence-corrected chi connectivity index (χ1v) is 10.6. The highest BCUT2D eigenvalue weighted by Gasteiger charge is 2.24. The molecule has 150 valence electrons. The van der Waals surface area contributed by atoms with Crippen LogP contribution in [0.1, 0.15) is 37.7 Å². The molecule has 1 aromatic carbocycles. The van der Waals surface area contributed by atoms with Crippen LogP contribution in [-0.4, -0.2) is 62.2 Å². The van der Waals surface area contributed by atoms with E-state index in [0.717, 1.165) is 44.0 Å². The van der Waals surface area contributed by atoms with Crippen LogP contribution in [0.5, 0.6) is 0 Å². The van der Waals surface area contributed by atoms with Gasteiger partial charge in [0.25, 0.3) is 0 Å². The number of carbonyl (C=O) groups is 1. The summed E-state index contributed by atoms with van der Waals surface area (Å²) < 4.78 is 5.46. The zero-order chi connectivity index (χ0) is 18.9. The number of likely N-dealkylation sites (tertiary alicyclic amines) is 1. The van der Waals surface area contributed by atoms with Crippen molar-refractivity contribution in [3.8, 4) is 0 Å². The van der Waals surface area contributed by atoms with Crippen molar-refractivity contribution in [2.24, 2.45) is 11.8 Å². The van der Waals surface area contributed by atoms with Crippen molar-refractivity contribution in [1.82, 2.24) is 15.1 Å². The Kier molecular flexibility index (Phi) is 7.96. The molecule has 2 aliphatic rings. The van der Waals surface area contributed by atoms with Crippen molar-refractivity contribution in [1.29, 1.82) is 0 Å². The van der Waals surface area contributed by atoms with Gasteiger partial charge in [0.05, 0.1) is 0 Å². The van der Waals surface area contributed by atoms with Crippen molar-refractivity contribution < 1.29 is 9.53 Å². The van der Waals surface area contributed by atoms with Gasteiger partial charge in [-0.2, -0.15) is 0 Å². The van der Waals surface area contributed by atoms with Crippen molar-refractivity contribution >= 4 is 6.09 Å². The van der Waals surface area contributed by atoms with Crippen LogP contribution in [-0.2, 0) is 11.3 Å². The highest BCUT2D eigenvalue weighted by atomic mass is 16.6. The zero-order valence-electron chi connectivity index (χ0n) is 16.7. The molecule has 1 aromatic rings. The highest BCUT2D eigenvalue weighted by molar-refractivity contribution is 5.67. The Morgan fingerprint density at radius 2 is 1.81 bits per heavy atom. The summed E-state index contributed by atoms with van der Waals surface area (Å²) in [6.45, 7) is 6.72. The minimum absolute atomic E-state index is 0.170. The third kappa shape index (κ3) is 6.82.